The molecule has 0 bridgehead atoms. The van der Waals surface area contributed by atoms with Gasteiger partial charge in [-0.3, -0.25) is 4.79 Å². The Kier molecular flexibility index (Phi) is 5.13. The maximum atomic E-state index is 12.4. The predicted molar refractivity (Wildman–Crippen MR) is 104 cm³/mol. The van der Waals surface area contributed by atoms with Gasteiger partial charge < -0.3 is 19.5 Å². The smallest absolute Gasteiger partial charge is 0.339 e. The van der Waals surface area contributed by atoms with Gasteiger partial charge in [-0.05, 0) is 61.6 Å². The number of aryl methyl sites for hydroxylation is 2. The largest absolute Gasteiger partial charge is 0.486 e. The summed E-state index contributed by atoms with van der Waals surface area (Å²) in [5.74, 6) is -0.252. The number of amides is 1. The minimum absolute atomic E-state index is 0.200. The molecule has 1 aliphatic heterocycles. The monoisotopic (exact) mass is 401 g/mol. The molecule has 1 heterocycles. The first kappa shape index (κ1) is 18.6. The van der Waals surface area contributed by atoms with Crippen LogP contribution in [-0.2, 0) is 22.4 Å². The first-order valence-corrected chi connectivity index (χ1v) is 9.62. The number of esters is 1. The molecule has 2 aromatic carbocycles. The maximum Gasteiger partial charge on any atom is 0.339 e. The predicted octanol–water partition coefficient (Wildman–Crippen LogP) is 3.78. The van der Waals surface area contributed by atoms with Gasteiger partial charge in [0, 0.05) is 5.69 Å². The fourth-order valence-electron chi connectivity index (χ4n) is 3.40. The molecule has 1 amide bonds. The van der Waals surface area contributed by atoms with Crippen LogP contribution in [-0.4, -0.2) is 31.2 Å². The summed E-state index contributed by atoms with van der Waals surface area (Å²) in [6, 6.07) is 8.84. The topological polar surface area (TPSA) is 73.9 Å². The lowest BCUT2D eigenvalue weighted by atomic mass is 10.1. The Morgan fingerprint density at radius 1 is 1.11 bits per heavy atom. The summed E-state index contributed by atoms with van der Waals surface area (Å²) < 4.78 is 16.2. The Labute approximate surface area is 167 Å². The number of benzene rings is 2. The van der Waals surface area contributed by atoms with E-state index in [9.17, 15) is 9.59 Å². The van der Waals surface area contributed by atoms with E-state index < -0.39 is 18.0 Å². The average molecular weight is 402 g/mol. The minimum Gasteiger partial charge on any atom is -0.486 e. The van der Waals surface area contributed by atoms with E-state index in [0.717, 1.165) is 19.3 Å². The number of fused-ring (bicyclic) bond motifs is 2. The van der Waals surface area contributed by atoms with Crippen LogP contribution in [0.3, 0.4) is 0 Å². The van der Waals surface area contributed by atoms with Crippen LogP contribution >= 0.6 is 11.6 Å². The van der Waals surface area contributed by atoms with Gasteiger partial charge in [-0.2, -0.15) is 0 Å². The van der Waals surface area contributed by atoms with Gasteiger partial charge in [0.05, 0.1) is 10.6 Å². The minimum atomic E-state index is -0.965. The molecule has 6 nitrogen and oxygen atoms in total. The van der Waals surface area contributed by atoms with Crippen LogP contribution in [0, 0.1) is 0 Å². The van der Waals surface area contributed by atoms with Crippen LogP contribution in [0.4, 0.5) is 5.69 Å². The van der Waals surface area contributed by atoms with E-state index in [1.807, 2.05) is 18.2 Å². The zero-order valence-electron chi connectivity index (χ0n) is 15.4. The lowest BCUT2D eigenvalue weighted by Crippen LogP contribution is -2.30. The van der Waals surface area contributed by atoms with E-state index in [-0.39, 0.29) is 10.6 Å². The summed E-state index contributed by atoms with van der Waals surface area (Å²) in [5.41, 5.74) is 3.49. The normalized spacial score (nSPS) is 15.5. The van der Waals surface area contributed by atoms with Crippen molar-refractivity contribution in [2.45, 2.75) is 32.3 Å². The molecule has 0 fully saturated rings. The van der Waals surface area contributed by atoms with Crippen molar-refractivity contribution in [3.63, 3.8) is 0 Å². The van der Waals surface area contributed by atoms with Gasteiger partial charge in [-0.25, -0.2) is 4.79 Å². The molecule has 0 unspecified atom stereocenters. The molecule has 0 radical (unpaired) electrons. The molecule has 2 aromatic rings. The third-order valence-corrected chi connectivity index (χ3v) is 5.13. The second-order valence-electron chi connectivity index (χ2n) is 6.86. The highest BCUT2D eigenvalue weighted by Gasteiger charge is 2.23. The van der Waals surface area contributed by atoms with E-state index in [4.69, 9.17) is 25.8 Å². The Balaban J connectivity index is 1.41. The van der Waals surface area contributed by atoms with Crippen LogP contribution in [0.15, 0.2) is 30.3 Å². The van der Waals surface area contributed by atoms with Gasteiger partial charge in [-0.1, -0.05) is 17.7 Å². The van der Waals surface area contributed by atoms with Crippen molar-refractivity contribution in [2.75, 3.05) is 18.5 Å². The SMILES string of the molecule is C[C@H](OC(=O)c1cc(Cl)c2c(c1)OCCO2)C(=O)Nc1ccc2c(c1)CCC2. The fourth-order valence-corrected chi connectivity index (χ4v) is 3.67. The summed E-state index contributed by atoms with van der Waals surface area (Å²) in [6.07, 6.45) is 2.27. The van der Waals surface area contributed by atoms with E-state index in [0.29, 0.717) is 30.4 Å². The van der Waals surface area contributed by atoms with Crippen molar-refractivity contribution in [1.29, 1.82) is 0 Å². The van der Waals surface area contributed by atoms with Gasteiger partial charge in [0.1, 0.15) is 13.2 Å². The Bertz CT molecular complexity index is 943. The van der Waals surface area contributed by atoms with Crippen molar-refractivity contribution in [3.8, 4) is 11.5 Å². The number of carbonyl (C=O) groups excluding carboxylic acids is 2. The van der Waals surface area contributed by atoms with Gasteiger partial charge in [0.15, 0.2) is 17.6 Å². The quantitative estimate of drug-likeness (QED) is 0.789. The summed E-state index contributed by atoms with van der Waals surface area (Å²) in [6.45, 7) is 2.30. The molecule has 0 aromatic heterocycles. The Morgan fingerprint density at radius 2 is 1.89 bits per heavy atom. The number of halogens is 1. The molecule has 1 N–H and O–H groups in total. The number of carbonyl (C=O) groups is 2. The second-order valence-corrected chi connectivity index (χ2v) is 7.26. The maximum absolute atomic E-state index is 12.4. The third kappa shape index (κ3) is 3.78. The summed E-state index contributed by atoms with van der Waals surface area (Å²) in [7, 11) is 0. The van der Waals surface area contributed by atoms with Crippen LogP contribution in [0.5, 0.6) is 11.5 Å². The molecule has 0 spiro atoms. The molecular weight excluding hydrogens is 382 g/mol. The van der Waals surface area contributed by atoms with Gasteiger partial charge in [0.2, 0.25) is 0 Å². The average Bonchev–Trinajstić information content (AvgIpc) is 3.15. The van der Waals surface area contributed by atoms with E-state index in [1.54, 1.807) is 0 Å². The van der Waals surface area contributed by atoms with Crippen molar-refractivity contribution in [1.82, 2.24) is 0 Å². The van der Waals surface area contributed by atoms with Crippen molar-refractivity contribution in [3.05, 3.63) is 52.0 Å². The first-order valence-electron chi connectivity index (χ1n) is 9.24. The number of ether oxygens (including phenoxy) is 3. The molecular formula is C21H20ClNO5. The molecule has 146 valence electrons. The van der Waals surface area contributed by atoms with E-state index in [2.05, 4.69) is 5.32 Å². The number of rotatable bonds is 4. The van der Waals surface area contributed by atoms with E-state index in [1.165, 1.54) is 30.2 Å². The van der Waals surface area contributed by atoms with Crippen LogP contribution < -0.4 is 14.8 Å². The fraction of sp³-hybridized carbons (Fsp3) is 0.333. The van der Waals surface area contributed by atoms with Gasteiger partial charge >= 0.3 is 5.97 Å². The van der Waals surface area contributed by atoms with Crippen molar-refractivity contribution in [2.24, 2.45) is 0 Å². The Hall–Kier alpha value is -2.73. The Morgan fingerprint density at radius 3 is 2.75 bits per heavy atom. The first-order chi connectivity index (χ1) is 13.5. The molecule has 1 atom stereocenters. The second kappa shape index (κ2) is 7.72. The highest BCUT2D eigenvalue weighted by molar-refractivity contribution is 6.32. The van der Waals surface area contributed by atoms with Gasteiger partial charge in [-0.15, -0.1) is 0 Å². The molecule has 0 saturated heterocycles. The highest BCUT2D eigenvalue weighted by Crippen LogP contribution is 2.38. The standard InChI is InChI=1S/C21H20ClNO5/c1-12(20(24)23-16-6-5-13-3-2-4-14(13)9-16)28-21(25)15-10-17(22)19-18(11-15)26-7-8-27-19/h5-6,9-12H,2-4,7-8H2,1H3,(H,23,24)/t12-/m0/s1. The number of anilines is 1. The van der Waals surface area contributed by atoms with Crippen LogP contribution in [0.2, 0.25) is 5.02 Å². The van der Waals surface area contributed by atoms with E-state index >= 15 is 0 Å². The molecule has 2 aliphatic rings. The summed E-state index contributed by atoms with van der Waals surface area (Å²) >= 11 is 6.15. The van der Waals surface area contributed by atoms with Crippen molar-refractivity contribution >= 4 is 29.2 Å². The highest BCUT2D eigenvalue weighted by atomic mass is 35.5. The molecule has 0 saturated carbocycles. The lowest BCUT2D eigenvalue weighted by molar-refractivity contribution is -0.123. The number of nitrogens with one attached hydrogen (secondary N) is 1. The van der Waals surface area contributed by atoms with Crippen molar-refractivity contribution < 1.29 is 23.8 Å². The summed E-state index contributed by atoms with van der Waals surface area (Å²) in [4.78, 5) is 24.9. The van der Waals surface area contributed by atoms with Gasteiger partial charge in [0.25, 0.3) is 5.91 Å². The zero-order chi connectivity index (χ0) is 19.7. The number of hydrogen-bond acceptors (Lipinski definition) is 5. The molecule has 7 heteroatoms. The molecule has 28 heavy (non-hydrogen) atoms. The lowest BCUT2D eigenvalue weighted by Gasteiger charge is -2.20. The number of hydrogen-bond donors (Lipinski definition) is 1. The molecule has 1 aliphatic carbocycles. The third-order valence-electron chi connectivity index (χ3n) is 4.85. The van der Waals surface area contributed by atoms with Crippen LogP contribution in [0.25, 0.3) is 0 Å². The summed E-state index contributed by atoms with van der Waals surface area (Å²) in [5, 5.41) is 3.07. The molecule has 4 rings (SSSR count). The van der Waals surface area contributed by atoms with Crippen LogP contribution in [0.1, 0.15) is 34.8 Å². The zero-order valence-corrected chi connectivity index (χ0v) is 16.2.